The predicted molar refractivity (Wildman–Crippen MR) is 106 cm³/mol. The molecule has 2 N–H and O–H groups in total. The van der Waals surface area contributed by atoms with E-state index in [1.54, 1.807) is 0 Å². The Kier molecular flexibility index (Phi) is 3.61. The topological polar surface area (TPSA) is 65.1 Å². The molecule has 0 unspecified atom stereocenters. The predicted octanol–water partition coefficient (Wildman–Crippen LogP) is 4.27. The highest BCUT2D eigenvalue weighted by molar-refractivity contribution is 6.30. The molecular formula is C21H22N4O. The van der Waals surface area contributed by atoms with E-state index in [-0.39, 0.29) is 11.6 Å². The van der Waals surface area contributed by atoms with Crippen LogP contribution in [-0.2, 0) is 7.05 Å². The molecule has 0 spiro atoms. The lowest BCUT2D eigenvalue weighted by molar-refractivity contribution is 0.411. The van der Waals surface area contributed by atoms with E-state index in [0.29, 0.717) is 17.9 Å². The molecule has 2 heterocycles. The number of benzene rings is 2. The van der Waals surface area contributed by atoms with Crippen LogP contribution in [0.1, 0.15) is 22.5 Å². The van der Waals surface area contributed by atoms with Crippen molar-refractivity contribution in [2.75, 3.05) is 11.4 Å². The summed E-state index contributed by atoms with van der Waals surface area (Å²) in [4.78, 5) is 6.54. The summed E-state index contributed by atoms with van der Waals surface area (Å²) < 4.78 is 1.94. The Labute approximate surface area is 152 Å². The number of fused-ring (bicyclic) bond motifs is 1. The van der Waals surface area contributed by atoms with Gasteiger partial charge in [-0.15, -0.1) is 0 Å². The Morgan fingerprint density at radius 3 is 2.46 bits per heavy atom. The maximum Gasteiger partial charge on any atom is 0.148 e. The molecule has 0 saturated carbocycles. The van der Waals surface area contributed by atoms with Gasteiger partial charge in [0, 0.05) is 12.7 Å². The Morgan fingerprint density at radius 2 is 1.73 bits per heavy atom. The molecule has 0 radical (unpaired) electrons. The number of imidazole rings is 1. The highest BCUT2D eigenvalue weighted by Gasteiger charge is 2.32. The molecule has 3 aromatic rings. The first-order chi connectivity index (χ1) is 12.4. The summed E-state index contributed by atoms with van der Waals surface area (Å²) in [6.07, 6.45) is 0. The van der Waals surface area contributed by atoms with Crippen LogP contribution in [-0.4, -0.2) is 27.0 Å². The second-order valence-electron chi connectivity index (χ2n) is 7.03. The molecule has 0 aliphatic carbocycles. The molecule has 5 heteroatoms. The third-order valence-electron chi connectivity index (χ3n) is 5.01. The molecule has 2 aromatic carbocycles. The van der Waals surface area contributed by atoms with E-state index in [0.717, 1.165) is 27.8 Å². The highest BCUT2D eigenvalue weighted by atomic mass is 16.3. The number of hydrogen-bond donors (Lipinski definition) is 2. The van der Waals surface area contributed by atoms with Gasteiger partial charge in [0.2, 0.25) is 0 Å². The first kappa shape index (κ1) is 16.4. The van der Waals surface area contributed by atoms with Crippen molar-refractivity contribution in [1.82, 2.24) is 9.55 Å². The molecule has 0 bridgehead atoms. The summed E-state index contributed by atoms with van der Waals surface area (Å²) >= 11 is 0. The van der Waals surface area contributed by atoms with Gasteiger partial charge < -0.3 is 14.6 Å². The maximum atomic E-state index is 10.6. The molecule has 132 valence electrons. The highest BCUT2D eigenvalue weighted by Crippen LogP contribution is 2.33. The van der Waals surface area contributed by atoms with Crippen LogP contribution >= 0.6 is 0 Å². The summed E-state index contributed by atoms with van der Waals surface area (Å²) in [6, 6.07) is 12.2. The quantitative estimate of drug-likeness (QED) is 0.728. The van der Waals surface area contributed by atoms with E-state index >= 15 is 0 Å². The molecule has 26 heavy (non-hydrogen) atoms. The lowest BCUT2D eigenvalue weighted by atomic mass is 10.1. The van der Waals surface area contributed by atoms with E-state index in [1.807, 2.05) is 60.7 Å². The standard InChI is InChI=1S/C21H22N4O/c1-12-5-7-16(14(3)9-12)25-11-18(26)19(20(25)22)21-23-15-10-13(2)6-8-17(15)24(21)4/h5-10,22,26H,11H2,1-4H3. The lowest BCUT2D eigenvalue weighted by Crippen LogP contribution is -2.27. The number of nitrogens with zero attached hydrogens (tertiary/aromatic N) is 3. The van der Waals surface area contributed by atoms with Crippen LogP contribution in [0.5, 0.6) is 0 Å². The molecule has 1 aliphatic heterocycles. The van der Waals surface area contributed by atoms with Crippen molar-refractivity contribution in [3.8, 4) is 0 Å². The second-order valence-corrected chi connectivity index (χ2v) is 7.03. The van der Waals surface area contributed by atoms with Crippen LogP contribution in [0.15, 0.2) is 42.2 Å². The Hall–Kier alpha value is -3.08. The number of rotatable bonds is 2. The SMILES string of the molecule is Cc1ccc(N2CC(O)=C(c3nc4cc(C)ccc4n3C)C2=N)c(C)c1. The third kappa shape index (κ3) is 2.39. The van der Waals surface area contributed by atoms with Gasteiger partial charge in [0.15, 0.2) is 0 Å². The first-order valence-electron chi connectivity index (χ1n) is 8.66. The van der Waals surface area contributed by atoms with Gasteiger partial charge in [-0.1, -0.05) is 23.8 Å². The summed E-state index contributed by atoms with van der Waals surface area (Å²) in [6.45, 7) is 6.40. The fourth-order valence-corrected chi connectivity index (χ4v) is 3.66. The average Bonchev–Trinajstić information content (AvgIpc) is 3.04. The Balaban J connectivity index is 1.79. The largest absolute Gasteiger partial charge is 0.509 e. The smallest absolute Gasteiger partial charge is 0.148 e. The molecule has 0 atom stereocenters. The Morgan fingerprint density at radius 1 is 1.04 bits per heavy atom. The van der Waals surface area contributed by atoms with Crippen molar-refractivity contribution < 1.29 is 5.11 Å². The number of aliphatic hydroxyl groups excluding tert-OH is 1. The number of aryl methyl sites for hydroxylation is 4. The van der Waals surface area contributed by atoms with Crippen LogP contribution in [0.2, 0.25) is 0 Å². The van der Waals surface area contributed by atoms with Crippen LogP contribution in [0.4, 0.5) is 5.69 Å². The van der Waals surface area contributed by atoms with E-state index < -0.39 is 0 Å². The second kappa shape index (κ2) is 5.73. The zero-order chi connectivity index (χ0) is 18.6. The number of amidine groups is 1. The zero-order valence-electron chi connectivity index (χ0n) is 15.5. The molecule has 1 aromatic heterocycles. The summed E-state index contributed by atoms with van der Waals surface area (Å²) in [7, 11) is 1.92. The van der Waals surface area contributed by atoms with Crippen LogP contribution in [0.25, 0.3) is 16.6 Å². The van der Waals surface area contributed by atoms with Gasteiger partial charge in [-0.3, -0.25) is 5.41 Å². The fourth-order valence-electron chi connectivity index (χ4n) is 3.66. The molecule has 5 nitrogen and oxygen atoms in total. The van der Waals surface area contributed by atoms with Crippen molar-refractivity contribution in [3.63, 3.8) is 0 Å². The van der Waals surface area contributed by atoms with Gasteiger partial charge in [0.1, 0.15) is 17.4 Å². The van der Waals surface area contributed by atoms with Crippen LogP contribution in [0.3, 0.4) is 0 Å². The summed E-state index contributed by atoms with van der Waals surface area (Å²) in [5.74, 6) is 1.09. The van der Waals surface area contributed by atoms with Crippen molar-refractivity contribution in [2.24, 2.45) is 7.05 Å². The number of anilines is 1. The summed E-state index contributed by atoms with van der Waals surface area (Å²) in [5, 5.41) is 19.3. The monoisotopic (exact) mass is 346 g/mol. The average molecular weight is 346 g/mol. The fraction of sp³-hybridized carbons (Fsp3) is 0.238. The molecule has 1 aliphatic rings. The minimum Gasteiger partial charge on any atom is -0.509 e. The lowest BCUT2D eigenvalue weighted by Gasteiger charge is -2.21. The third-order valence-corrected chi connectivity index (χ3v) is 5.01. The number of nitrogens with one attached hydrogen (secondary N) is 1. The van der Waals surface area contributed by atoms with Gasteiger partial charge in [-0.2, -0.15) is 0 Å². The van der Waals surface area contributed by atoms with Gasteiger partial charge in [-0.25, -0.2) is 4.98 Å². The number of hydrogen-bond acceptors (Lipinski definition) is 3. The maximum absolute atomic E-state index is 10.6. The van der Waals surface area contributed by atoms with Crippen molar-refractivity contribution >= 4 is 28.1 Å². The van der Waals surface area contributed by atoms with Gasteiger partial charge >= 0.3 is 0 Å². The first-order valence-corrected chi connectivity index (χ1v) is 8.66. The normalized spacial score (nSPS) is 14.8. The van der Waals surface area contributed by atoms with Crippen LogP contribution in [0, 0.1) is 26.2 Å². The van der Waals surface area contributed by atoms with Crippen molar-refractivity contribution in [3.05, 3.63) is 64.7 Å². The van der Waals surface area contributed by atoms with Crippen molar-refractivity contribution in [2.45, 2.75) is 20.8 Å². The molecule has 0 saturated heterocycles. The van der Waals surface area contributed by atoms with E-state index in [1.165, 1.54) is 5.56 Å². The van der Waals surface area contributed by atoms with E-state index in [9.17, 15) is 5.11 Å². The molecule has 0 amide bonds. The van der Waals surface area contributed by atoms with E-state index in [2.05, 4.69) is 13.0 Å². The minimum absolute atomic E-state index is 0.185. The minimum atomic E-state index is 0.185. The van der Waals surface area contributed by atoms with E-state index in [4.69, 9.17) is 10.4 Å². The zero-order valence-corrected chi connectivity index (χ0v) is 15.5. The van der Waals surface area contributed by atoms with Gasteiger partial charge in [-0.05, 0) is 50.1 Å². The molecule has 4 rings (SSSR count). The van der Waals surface area contributed by atoms with Gasteiger partial charge in [0.25, 0.3) is 0 Å². The molecular weight excluding hydrogens is 324 g/mol. The molecule has 0 fully saturated rings. The van der Waals surface area contributed by atoms with Crippen molar-refractivity contribution in [1.29, 1.82) is 5.41 Å². The number of aliphatic hydroxyl groups is 1. The Bertz CT molecular complexity index is 1090. The van der Waals surface area contributed by atoms with Crippen LogP contribution < -0.4 is 4.90 Å². The number of aromatic nitrogens is 2. The summed E-state index contributed by atoms with van der Waals surface area (Å²) in [5.41, 5.74) is 6.71. The van der Waals surface area contributed by atoms with Gasteiger partial charge in [0.05, 0.1) is 23.2 Å².